The van der Waals surface area contributed by atoms with E-state index in [9.17, 15) is 4.79 Å². The predicted octanol–water partition coefficient (Wildman–Crippen LogP) is 4.74. The number of fused-ring (bicyclic) bond motifs is 1. The standard InChI is InChI=1S/C19H19NOS/c1-13(15-8-4-3-5-9-15)12-20-19(21)18-14(2)16-10-6-7-11-17(16)22-18/h3-11,13H,12H2,1-2H3,(H,20,21)/t13-/m0/s1. The van der Waals surface area contributed by atoms with Crippen LogP contribution in [0.15, 0.2) is 54.6 Å². The SMILES string of the molecule is Cc1c(C(=O)NC[C@H](C)c2ccccc2)sc2ccccc12. The lowest BCUT2D eigenvalue weighted by Crippen LogP contribution is -2.27. The molecule has 1 aromatic heterocycles. The van der Waals surface area contributed by atoms with Gasteiger partial charge in [0.25, 0.3) is 5.91 Å². The third-order valence-electron chi connectivity index (χ3n) is 3.99. The summed E-state index contributed by atoms with van der Waals surface area (Å²) in [5, 5.41) is 4.25. The van der Waals surface area contributed by atoms with E-state index in [1.807, 2.05) is 37.3 Å². The minimum atomic E-state index is 0.0291. The van der Waals surface area contributed by atoms with Crippen LogP contribution in [0.25, 0.3) is 10.1 Å². The van der Waals surface area contributed by atoms with Gasteiger partial charge in [0, 0.05) is 11.2 Å². The van der Waals surface area contributed by atoms with Gasteiger partial charge in [-0.05, 0) is 35.4 Å². The van der Waals surface area contributed by atoms with Crippen molar-refractivity contribution in [2.75, 3.05) is 6.54 Å². The van der Waals surface area contributed by atoms with Crippen molar-refractivity contribution in [1.82, 2.24) is 5.32 Å². The van der Waals surface area contributed by atoms with Gasteiger partial charge in [-0.2, -0.15) is 0 Å². The van der Waals surface area contributed by atoms with E-state index in [0.717, 1.165) is 10.4 Å². The molecule has 1 amide bonds. The summed E-state index contributed by atoms with van der Waals surface area (Å²) in [6, 6.07) is 18.4. The van der Waals surface area contributed by atoms with E-state index in [4.69, 9.17) is 0 Å². The molecule has 0 unspecified atom stereocenters. The predicted molar refractivity (Wildman–Crippen MR) is 93.8 cm³/mol. The Labute approximate surface area is 134 Å². The van der Waals surface area contributed by atoms with Gasteiger partial charge in [0.2, 0.25) is 0 Å². The Morgan fingerprint density at radius 1 is 1.09 bits per heavy atom. The molecule has 0 saturated carbocycles. The van der Waals surface area contributed by atoms with Crippen molar-refractivity contribution in [3.05, 3.63) is 70.6 Å². The maximum Gasteiger partial charge on any atom is 0.261 e. The first kappa shape index (κ1) is 14.8. The Morgan fingerprint density at radius 3 is 2.50 bits per heavy atom. The summed E-state index contributed by atoms with van der Waals surface area (Å²) in [5.74, 6) is 0.335. The first-order valence-electron chi connectivity index (χ1n) is 7.48. The summed E-state index contributed by atoms with van der Waals surface area (Å²) >= 11 is 1.57. The van der Waals surface area contributed by atoms with Crippen LogP contribution >= 0.6 is 11.3 Å². The minimum absolute atomic E-state index is 0.0291. The molecule has 0 aliphatic heterocycles. The highest BCUT2D eigenvalue weighted by Gasteiger charge is 2.16. The van der Waals surface area contributed by atoms with Gasteiger partial charge in [-0.25, -0.2) is 0 Å². The highest BCUT2D eigenvalue weighted by atomic mass is 32.1. The van der Waals surface area contributed by atoms with E-state index in [2.05, 4.69) is 36.5 Å². The normalized spacial score (nSPS) is 12.3. The third kappa shape index (κ3) is 2.90. The molecule has 3 heteroatoms. The quantitative estimate of drug-likeness (QED) is 0.741. The van der Waals surface area contributed by atoms with Crippen LogP contribution in [0.1, 0.15) is 33.6 Å². The van der Waals surface area contributed by atoms with Gasteiger partial charge in [-0.15, -0.1) is 11.3 Å². The van der Waals surface area contributed by atoms with E-state index in [0.29, 0.717) is 12.5 Å². The van der Waals surface area contributed by atoms with Crippen molar-refractivity contribution in [3.8, 4) is 0 Å². The number of hydrogen-bond acceptors (Lipinski definition) is 2. The molecule has 3 rings (SSSR count). The molecular weight excluding hydrogens is 290 g/mol. The third-order valence-corrected chi connectivity index (χ3v) is 5.26. The average Bonchev–Trinajstić information content (AvgIpc) is 2.90. The van der Waals surface area contributed by atoms with E-state index >= 15 is 0 Å². The molecule has 1 heterocycles. The maximum absolute atomic E-state index is 12.5. The largest absolute Gasteiger partial charge is 0.351 e. The summed E-state index contributed by atoms with van der Waals surface area (Å²) in [4.78, 5) is 13.3. The Bertz CT molecular complexity index is 792. The lowest BCUT2D eigenvalue weighted by molar-refractivity contribution is 0.0955. The number of benzene rings is 2. The number of amides is 1. The van der Waals surface area contributed by atoms with Gasteiger partial charge >= 0.3 is 0 Å². The van der Waals surface area contributed by atoms with Gasteiger partial charge < -0.3 is 5.32 Å². The number of aryl methyl sites for hydroxylation is 1. The molecule has 112 valence electrons. The Kier molecular flexibility index (Phi) is 4.25. The molecule has 0 radical (unpaired) electrons. The van der Waals surface area contributed by atoms with Gasteiger partial charge in [-0.3, -0.25) is 4.79 Å². The van der Waals surface area contributed by atoms with E-state index < -0.39 is 0 Å². The fraction of sp³-hybridized carbons (Fsp3) is 0.211. The smallest absolute Gasteiger partial charge is 0.261 e. The van der Waals surface area contributed by atoms with Crippen LogP contribution < -0.4 is 5.32 Å². The summed E-state index contributed by atoms with van der Waals surface area (Å²) in [5.41, 5.74) is 2.32. The maximum atomic E-state index is 12.5. The molecule has 0 spiro atoms. The molecule has 2 aromatic carbocycles. The average molecular weight is 309 g/mol. The lowest BCUT2D eigenvalue weighted by atomic mass is 10.0. The van der Waals surface area contributed by atoms with Gasteiger partial charge in [0.05, 0.1) is 4.88 Å². The minimum Gasteiger partial charge on any atom is -0.351 e. The molecule has 1 N–H and O–H groups in total. The fourth-order valence-corrected chi connectivity index (χ4v) is 3.74. The second-order valence-corrected chi connectivity index (χ2v) is 6.63. The van der Waals surface area contributed by atoms with E-state index in [1.54, 1.807) is 11.3 Å². The van der Waals surface area contributed by atoms with Crippen LogP contribution in [0.5, 0.6) is 0 Å². The van der Waals surface area contributed by atoms with E-state index in [-0.39, 0.29) is 5.91 Å². The molecule has 1 atom stereocenters. The molecule has 3 aromatic rings. The zero-order chi connectivity index (χ0) is 15.5. The second-order valence-electron chi connectivity index (χ2n) is 5.57. The van der Waals surface area contributed by atoms with Crippen molar-refractivity contribution in [2.24, 2.45) is 0 Å². The van der Waals surface area contributed by atoms with Crippen LogP contribution in [0.3, 0.4) is 0 Å². The highest BCUT2D eigenvalue weighted by Crippen LogP contribution is 2.30. The van der Waals surface area contributed by atoms with E-state index in [1.165, 1.54) is 15.6 Å². The van der Waals surface area contributed by atoms with Crippen LogP contribution in [0, 0.1) is 6.92 Å². The Hall–Kier alpha value is -2.13. The molecule has 2 nitrogen and oxygen atoms in total. The number of thiophene rings is 1. The van der Waals surface area contributed by atoms with Crippen LogP contribution in [-0.4, -0.2) is 12.5 Å². The molecule has 0 aliphatic rings. The summed E-state index contributed by atoms with van der Waals surface area (Å²) in [6.07, 6.45) is 0. The molecular formula is C19H19NOS. The highest BCUT2D eigenvalue weighted by molar-refractivity contribution is 7.21. The fourth-order valence-electron chi connectivity index (χ4n) is 2.62. The monoisotopic (exact) mass is 309 g/mol. The van der Waals surface area contributed by atoms with Crippen molar-refractivity contribution in [2.45, 2.75) is 19.8 Å². The number of hydrogen-bond donors (Lipinski definition) is 1. The summed E-state index contributed by atoms with van der Waals surface area (Å²) in [7, 11) is 0. The van der Waals surface area contributed by atoms with Gasteiger partial charge in [0.1, 0.15) is 0 Å². The first-order chi connectivity index (χ1) is 10.7. The number of carbonyl (C=O) groups is 1. The number of carbonyl (C=O) groups excluding carboxylic acids is 1. The van der Waals surface area contributed by atoms with Crippen LogP contribution in [0.4, 0.5) is 0 Å². The first-order valence-corrected chi connectivity index (χ1v) is 8.29. The number of nitrogens with one attached hydrogen (secondary N) is 1. The van der Waals surface area contributed by atoms with Gasteiger partial charge in [-0.1, -0.05) is 55.5 Å². The topological polar surface area (TPSA) is 29.1 Å². The summed E-state index contributed by atoms with van der Waals surface area (Å²) in [6.45, 7) is 4.80. The number of rotatable bonds is 4. The van der Waals surface area contributed by atoms with Crippen molar-refractivity contribution >= 4 is 27.3 Å². The van der Waals surface area contributed by atoms with Crippen molar-refractivity contribution in [3.63, 3.8) is 0 Å². The molecule has 0 aliphatic carbocycles. The summed E-state index contributed by atoms with van der Waals surface area (Å²) < 4.78 is 1.17. The van der Waals surface area contributed by atoms with Crippen LogP contribution in [-0.2, 0) is 0 Å². The zero-order valence-corrected chi connectivity index (χ0v) is 13.6. The molecule has 0 bridgehead atoms. The van der Waals surface area contributed by atoms with Gasteiger partial charge in [0.15, 0.2) is 0 Å². The van der Waals surface area contributed by atoms with Crippen LogP contribution in [0.2, 0.25) is 0 Å². The lowest BCUT2D eigenvalue weighted by Gasteiger charge is -2.12. The molecule has 22 heavy (non-hydrogen) atoms. The Balaban J connectivity index is 1.72. The van der Waals surface area contributed by atoms with Crippen molar-refractivity contribution in [1.29, 1.82) is 0 Å². The molecule has 0 saturated heterocycles. The molecule has 0 fully saturated rings. The second kappa shape index (κ2) is 6.32. The Morgan fingerprint density at radius 2 is 1.77 bits per heavy atom. The zero-order valence-electron chi connectivity index (χ0n) is 12.8. The van der Waals surface area contributed by atoms with Crippen molar-refractivity contribution < 1.29 is 4.79 Å².